The van der Waals surface area contributed by atoms with E-state index in [1.165, 1.54) is 0 Å². The summed E-state index contributed by atoms with van der Waals surface area (Å²) >= 11 is 0. The van der Waals surface area contributed by atoms with Gasteiger partial charge in [-0.3, -0.25) is 0 Å². The first kappa shape index (κ1) is 23.4. The number of nitrogens with zero attached hydrogens (tertiary/aromatic N) is 3. The summed E-state index contributed by atoms with van der Waals surface area (Å²) in [7, 11) is 0. The largest absolute Gasteiger partial charge is 0.394 e. The van der Waals surface area contributed by atoms with Gasteiger partial charge in [0, 0.05) is 0 Å². The number of hydrogen-bond donors (Lipinski definition) is 2. The molecular weight excluding hydrogens is 242 g/mol. The first-order valence-corrected chi connectivity index (χ1v) is 2.78. The summed E-state index contributed by atoms with van der Waals surface area (Å²) in [6, 6.07) is 0. The Morgan fingerprint density at radius 2 is 0.688 bits per heavy atom. The van der Waals surface area contributed by atoms with E-state index in [0.29, 0.717) is 0 Å². The van der Waals surface area contributed by atoms with Crippen LogP contribution < -0.4 is 0 Å². The van der Waals surface area contributed by atoms with Crippen molar-refractivity contribution in [3.8, 4) is 0 Å². The summed E-state index contributed by atoms with van der Waals surface area (Å²) in [6.45, 7) is -0.250. The Bertz CT molecular complexity index is 138. The lowest BCUT2D eigenvalue weighted by molar-refractivity contribution is -0.403. The topological polar surface area (TPSA) is 239 Å². The minimum Gasteiger partial charge on any atom is -0.394 e. The maximum Gasteiger partial charge on any atom is 0.0689 e. The van der Waals surface area contributed by atoms with E-state index in [2.05, 4.69) is 0 Å². The van der Waals surface area contributed by atoms with Crippen LogP contribution in [-0.4, -0.2) is 38.7 Å². The minimum atomic E-state index is -1.75. The van der Waals surface area contributed by atoms with Crippen LogP contribution in [0.2, 0.25) is 0 Å². The molecule has 0 spiro atoms. The van der Waals surface area contributed by atoms with E-state index in [1.54, 1.807) is 0 Å². The molecule has 0 radical (unpaired) electrons. The van der Waals surface area contributed by atoms with Gasteiger partial charge >= 0.3 is 0 Å². The molecule has 98 valence electrons. The van der Waals surface area contributed by atoms with E-state index in [0.717, 1.165) is 0 Å². The number of hydrogen-bond acceptors (Lipinski definition) is 11. The molecule has 0 aromatic rings. The van der Waals surface area contributed by atoms with Crippen LogP contribution in [0.4, 0.5) is 0 Å². The zero-order chi connectivity index (χ0) is 14.1. The molecule has 0 heterocycles. The zero-order valence-electron chi connectivity index (χ0n) is 7.32. The van der Waals surface area contributed by atoms with Crippen LogP contribution in [0.15, 0.2) is 0 Å². The Labute approximate surface area is 85.9 Å². The molecule has 2 N–H and O–H groups in total. The van der Waals surface area contributed by atoms with Gasteiger partial charge in [0.2, 0.25) is 0 Å². The van der Waals surface area contributed by atoms with Crippen molar-refractivity contribution >= 4 is 0 Å². The fourth-order valence-electron chi connectivity index (χ4n) is 0. The fourth-order valence-corrected chi connectivity index (χ4v) is 0. The Hall–Kier alpha value is -2.48. The molecule has 0 amide bonds. The first-order chi connectivity index (χ1) is 7.11. The van der Waals surface area contributed by atoms with Gasteiger partial charge in [-0.2, -0.15) is 0 Å². The number of aliphatic hydroxyl groups is 2. The third-order valence-corrected chi connectivity index (χ3v) is 0.1000. The smallest absolute Gasteiger partial charge is 0.0689 e. The van der Waals surface area contributed by atoms with Crippen molar-refractivity contribution in [3.05, 3.63) is 46.0 Å². The second-order valence-electron chi connectivity index (χ2n) is 1.12. The number of aliphatic hydroxyl groups excluding tert-OH is 2. The highest BCUT2D eigenvalue weighted by molar-refractivity contribution is 4.06. The van der Waals surface area contributed by atoms with Gasteiger partial charge in [-0.05, 0) is 0 Å². The van der Waals surface area contributed by atoms with Crippen LogP contribution in [0.25, 0.3) is 0 Å². The van der Waals surface area contributed by atoms with E-state index < -0.39 is 15.3 Å². The van der Waals surface area contributed by atoms with Crippen molar-refractivity contribution in [2.24, 2.45) is 0 Å². The van der Waals surface area contributed by atoms with Crippen LogP contribution in [0.1, 0.15) is 0 Å². The Kier molecular flexibility index (Phi) is 33.5. The van der Waals surface area contributed by atoms with Crippen LogP contribution in [-0.2, 0) is 0 Å². The lowest BCUT2D eigenvalue weighted by atomic mass is 10.8. The maximum absolute atomic E-state index is 8.25. The predicted octanol–water partition coefficient (Wildman–Crippen LogP) is -1.75. The Balaban J connectivity index is -0.0000000600. The molecule has 0 aliphatic rings. The summed E-state index contributed by atoms with van der Waals surface area (Å²) in [6.07, 6.45) is 0. The average Bonchev–Trinajstić information content (AvgIpc) is 2.00. The average molecular weight is 248 g/mol. The Morgan fingerprint density at radius 3 is 0.688 bits per heavy atom. The highest BCUT2D eigenvalue weighted by atomic mass is 16.9. The molecule has 16 heavy (non-hydrogen) atoms. The van der Waals surface area contributed by atoms with Gasteiger partial charge < -0.3 is 56.2 Å². The minimum absolute atomic E-state index is 0.125. The predicted molar refractivity (Wildman–Crippen MR) is 45.3 cm³/mol. The van der Waals surface area contributed by atoms with Crippen LogP contribution in [0.5, 0.6) is 0 Å². The van der Waals surface area contributed by atoms with Crippen molar-refractivity contribution in [3.63, 3.8) is 0 Å². The van der Waals surface area contributed by atoms with Gasteiger partial charge in [0.15, 0.2) is 0 Å². The molecule has 0 atom stereocenters. The van der Waals surface area contributed by atoms with Gasteiger partial charge in [0.05, 0.1) is 28.5 Å². The molecule has 14 nitrogen and oxygen atoms in total. The van der Waals surface area contributed by atoms with Crippen LogP contribution in [0.3, 0.4) is 0 Å². The highest BCUT2D eigenvalue weighted by Gasteiger charge is 1.58. The molecule has 0 unspecified atom stereocenters. The molecule has 14 heteroatoms. The van der Waals surface area contributed by atoms with E-state index >= 15 is 0 Å². The normalized spacial score (nSPS) is 6.38. The van der Waals surface area contributed by atoms with Crippen molar-refractivity contribution in [1.29, 1.82) is 0 Å². The second kappa shape index (κ2) is 22.9. The standard InChI is InChI=1S/C2H6O2.3NO3/c3-1-2-4;3*2-1(3)4/h3-4H,1-2H2;;;/q;3*-1. The highest BCUT2D eigenvalue weighted by Crippen LogP contribution is 1.45. The monoisotopic (exact) mass is 248 g/mol. The summed E-state index contributed by atoms with van der Waals surface area (Å²) in [5, 5.41) is 59.5. The number of rotatable bonds is 1. The van der Waals surface area contributed by atoms with Gasteiger partial charge in [-0.1, -0.05) is 0 Å². The van der Waals surface area contributed by atoms with Gasteiger partial charge in [0.25, 0.3) is 0 Å². The lowest BCUT2D eigenvalue weighted by Crippen LogP contribution is -1.85. The molecule has 0 rings (SSSR count). The van der Waals surface area contributed by atoms with Gasteiger partial charge in [-0.25, -0.2) is 0 Å². The molecule has 0 aromatic carbocycles. The van der Waals surface area contributed by atoms with E-state index in [1.807, 2.05) is 0 Å². The van der Waals surface area contributed by atoms with Gasteiger partial charge in [0.1, 0.15) is 0 Å². The first-order valence-electron chi connectivity index (χ1n) is 2.78. The zero-order valence-corrected chi connectivity index (χ0v) is 7.32. The summed E-state index contributed by atoms with van der Waals surface area (Å²) < 4.78 is 0. The SMILES string of the molecule is O=[N+]([O-])[O-].O=[N+]([O-])[O-].O=[N+]([O-])[O-].OCCO. The molecule has 0 aromatic heterocycles. The van der Waals surface area contributed by atoms with Crippen molar-refractivity contribution in [2.45, 2.75) is 0 Å². The molecule has 0 saturated heterocycles. The summed E-state index contributed by atoms with van der Waals surface area (Å²) in [5.74, 6) is 0. The molecular formula is C2H6N3O11-3. The second-order valence-corrected chi connectivity index (χ2v) is 1.12. The van der Waals surface area contributed by atoms with E-state index in [4.69, 9.17) is 56.2 Å². The van der Waals surface area contributed by atoms with Crippen molar-refractivity contribution < 1.29 is 25.5 Å². The van der Waals surface area contributed by atoms with Crippen molar-refractivity contribution in [1.82, 2.24) is 0 Å². The summed E-state index contributed by atoms with van der Waals surface area (Å²) in [5.41, 5.74) is 0. The van der Waals surface area contributed by atoms with Crippen LogP contribution >= 0.6 is 0 Å². The lowest BCUT2D eigenvalue weighted by Gasteiger charge is -1.74. The molecule has 0 saturated carbocycles. The third-order valence-electron chi connectivity index (χ3n) is 0.1000. The molecule has 0 fully saturated rings. The van der Waals surface area contributed by atoms with E-state index in [-0.39, 0.29) is 13.2 Å². The summed E-state index contributed by atoms with van der Waals surface area (Å²) in [4.78, 5) is 24.8. The molecule has 0 aliphatic carbocycles. The van der Waals surface area contributed by atoms with E-state index in [9.17, 15) is 0 Å². The molecule has 0 bridgehead atoms. The Morgan fingerprint density at radius 1 is 0.625 bits per heavy atom. The molecule has 0 aliphatic heterocycles. The fraction of sp³-hybridized carbons (Fsp3) is 1.00. The maximum atomic E-state index is 8.25. The van der Waals surface area contributed by atoms with Crippen molar-refractivity contribution in [2.75, 3.05) is 13.2 Å². The van der Waals surface area contributed by atoms with Crippen LogP contribution in [0, 0.1) is 46.0 Å². The quantitative estimate of drug-likeness (QED) is 0.389. The third kappa shape index (κ3) is 582. The van der Waals surface area contributed by atoms with Gasteiger partial charge in [-0.15, -0.1) is 0 Å².